The molecule has 0 bridgehead atoms. The van der Waals surface area contributed by atoms with Gasteiger partial charge in [-0.2, -0.15) is 0 Å². The third kappa shape index (κ3) is 4.34. The van der Waals surface area contributed by atoms with Crippen molar-refractivity contribution in [3.8, 4) is 0 Å². The van der Waals surface area contributed by atoms with E-state index in [-0.39, 0.29) is 19.2 Å². The lowest BCUT2D eigenvalue weighted by Gasteiger charge is -2.26. The molecule has 0 aliphatic rings. The van der Waals surface area contributed by atoms with Gasteiger partial charge in [-0.05, 0) is 25.0 Å². The summed E-state index contributed by atoms with van der Waals surface area (Å²) in [6, 6.07) is 8.85. The van der Waals surface area contributed by atoms with E-state index in [1.807, 2.05) is 13.0 Å². The third-order valence-electron chi connectivity index (χ3n) is 2.89. The second-order valence-electron chi connectivity index (χ2n) is 4.74. The van der Waals surface area contributed by atoms with Gasteiger partial charge in [-0.3, -0.25) is 0 Å². The van der Waals surface area contributed by atoms with Crippen LogP contribution in [-0.4, -0.2) is 24.3 Å². The van der Waals surface area contributed by atoms with E-state index in [2.05, 4.69) is 6.58 Å². The minimum atomic E-state index is -0.404. The fraction of sp³-hybridized carbons (Fsp3) is 0.400. The first-order valence-corrected chi connectivity index (χ1v) is 6.05. The van der Waals surface area contributed by atoms with E-state index in [4.69, 9.17) is 4.74 Å². The number of allylic oxidation sites excluding steroid dienone is 1. The quantitative estimate of drug-likeness (QED) is 0.596. The summed E-state index contributed by atoms with van der Waals surface area (Å²) in [4.78, 5) is 11.8. The largest absolute Gasteiger partial charge is 0.461 e. The summed E-state index contributed by atoms with van der Waals surface area (Å²) in [5.74, 6) is -0.353. The van der Waals surface area contributed by atoms with Crippen LogP contribution in [0.15, 0.2) is 43.0 Å². The summed E-state index contributed by atoms with van der Waals surface area (Å²) in [7, 11) is 0. The zero-order valence-electron chi connectivity index (χ0n) is 10.8. The van der Waals surface area contributed by atoms with E-state index in [9.17, 15) is 9.90 Å². The normalized spacial score (nSPS) is 13.7. The average molecular weight is 248 g/mol. The molecular weight excluding hydrogens is 228 g/mol. The van der Waals surface area contributed by atoms with E-state index in [1.165, 1.54) is 0 Å². The molecule has 0 aliphatic carbocycles. The van der Waals surface area contributed by atoms with Crippen LogP contribution in [-0.2, 0) is 4.74 Å². The molecule has 0 aromatic heterocycles. The maximum Gasteiger partial charge on any atom is 0.338 e. The molecule has 0 spiro atoms. The number of hydrogen-bond donors (Lipinski definition) is 1. The Morgan fingerprint density at radius 1 is 1.44 bits per heavy atom. The second kappa shape index (κ2) is 6.97. The number of aliphatic hydroxyl groups is 1. The molecule has 1 N–H and O–H groups in total. The predicted molar refractivity (Wildman–Crippen MR) is 71.3 cm³/mol. The highest BCUT2D eigenvalue weighted by molar-refractivity contribution is 5.89. The van der Waals surface area contributed by atoms with Crippen LogP contribution in [0.4, 0.5) is 0 Å². The summed E-state index contributed by atoms with van der Waals surface area (Å²) in [6.45, 7) is 5.75. The van der Waals surface area contributed by atoms with Crippen molar-refractivity contribution in [1.82, 2.24) is 0 Å². The van der Waals surface area contributed by atoms with Crippen LogP contribution in [0.25, 0.3) is 0 Å². The minimum Gasteiger partial charge on any atom is -0.461 e. The molecular formula is C15H20O3. The molecule has 0 fully saturated rings. The molecule has 0 radical (unpaired) electrons. The Labute approximate surface area is 108 Å². The first-order valence-electron chi connectivity index (χ1n) is 6.05. The highest BCUT2D eigenvalue weighted by Crippen LogP contribution is 2.23. The first-order chi connectivity index (χ1) is 8.61. The van der Waals surface area contributed by atoms with Crippen molar-refractivity contribution in [2.45, 2.75) is 19.8 Å². The van der Waals surface area contributed by atoms with Crippen LogP contribution in [0.5, 0.6) is 0 Å². The van der Waals surface area contributed by atoms with E-state index in [0.29, 0.717) is 5.56 Å². The Bertz CT molecular complexity index is 386. The molecule has 0 unspecified atom stereocenters. The molecule has 3 heteroatoms. The summed E-state index contributed by atoms with van der Waals surface area (Å²) < 4.78 is 5.25. The average Bonchev–Trinajstić information content (AvgIpc) is 2.43. The fourth-order valence-electron chi connectivity index (χ4n) is 1.54. The number of carbonyl (C=O) groups excluding carboxylic acids is 1. The van der Waals surface area contributed by atoms with Gasteiger partial charge in [-0.25, -0.2) is 4.79 Å². The molecule has 18 heavy (non-hydrogen) atoms. The summed E-state index contributed by atoms with van der Waals surface area (Å²) >= 11 is 0. The van der Waals surface area contributed by atoms with Crippen LogP contribution < -0.4 is 0 Å². The molecule has 1 aromatic rings. The Balaban J connectivity index is 2.52. The predicted octanol–water partition coefficient (Wildman–Crippen LogP) is 2.81. The van der Waals surface area contributed by atoms with E-state index < -0.39 is 5.41 Å². The van der Waals surface area contributed by atoms with E-state index in [1.54, 1.807) is 30.3 Å². The fourth-order valence-corrected chi connectivity index (χ4v) is 1.54. The van der Waals surface area contributed by atoms with Gasteiger partial charge in [0.2, 0.25) is 0 Å². The SMILES string of the molecule is C=CCC[C@@](C)(CO)COC(=O)c1ccccc1. The Kier molecular flexibility index (Phi) is 5.59. The van der Waals surface area contributed by atoms with Gasteiger partial charge in [-0.1, -0.05) is 31.2 Å². The van der Waals surface area contributed by atoms with Gasteiger partial charge in [0.05, 0.1) is 18.8 Å². The number of esters is 1. The molecule has 0 saturated carbocycles. The summed E-state index contributed by atoms with van der Waals surface area (Å²) in [5.41, 5.74) is 0.125. The molecule has 0 saturated heterocycles. The summed E-state index contributed by atoms with van der Waals surface area (Å²) in [6.07, 6.45) is 3.34. The molecule has 1 aromatic carbocycles. The summed E-state index contributed by atoms with van der Waals surface area (Å²) in [5, 5.41) is 9.37. The monoisotopic (exact) mass is 248 g/mol. The lowest BCUT2D eigenvalue weighted by Crippen LogP contribution is -2.29. The number of benzene rings is 1. The molecule has 3 nitrogen and oxygen atoms in total. The van der Waals surface area contributed by atoms with Gasteiger partial charge in [-0.15, -0.1) is 6.58 Å². The van der Waals surface area contributed by atoms with Crippen molar-refractivity contribution in [3.63, 3.8) is 0 Å². The Morgan fingerprint density at radius 2 is 2.11 bits per heavy atom. The number of ether oxygens (including phenoxy) is 1. The molecule has 0 amide bonds. The van der Waals surface area contributed by atoms with E-state index >= 15 is 0 Å². The van der Waals surface area contributed by atoms with E-state index in [0.717, 1.165) is 12.8 Å². The van der Waals surface area contributed by atoms with Crippen molar-refractivity contribution in [1.29, 1.82) is 0 Å². The molecule has 0 heterocycles. The zero-order valence-corrected chi connectivity index (χ0v) is 10.8. The van der Waals surface area contributed by atoms with Crippen LogP contribution in [0.1, 0.15) is 30.1 Å². The molecule has 0 aliphatic heterocycles. The van der Waals surface area contributed by atoms with Crippen molar-refractivity contribution < 1.29 is 14.6 Å². The number of rotatable bonds is 7. The second-order valence-corrected chi connectivity index (χ2v) is 4.74. The topological polar surface area (TPSA) is 46.5 Å². The van der Waals surface area contributed by atoms with Crippen LogP contribution in [0.3, 0.4) is 0 Å². The van der Waals surface area contributed by atoms with Gasteiger partial charge in [0.15, 0.2) is 0 Å². The number of aliphatic hydroxyl groups excluding tert-OH is 1. The van der Waals surface area contributed by atoms with Gasteiger partial charge >= 0.3 is 5.97 Å². The highest BCUT2D eigenvalue weighted by atomic mass is 16.5. The smallest absolute Gasteiger partial charge is 0.338 e. The molecule has 98 valence electrons. The van der Waals surface area contributed by atoms with Crippen molar-refractivity contribution in [2.75, 3.05) is 13.2 Å². The highest BCUT2D eigenvalue weighted by Gasteiger charge is 2.25. The first kappa shape index (κ1) is 14.5. The van der Waals surface area contributed by atoms with Gasteiger partial charge in [0, 0.05) is 5.41 Å². The minimum absolute atomic E-state index is 0.0110. The Hall–Kier alpha value is -1.61. The Morgan fingerprint density at radius 3 is 2.67 bits per heavy atom. The number of hydrogen-bond acceptors (Lipinski definition) is 3. The van der Waals surface area contributed by atoms with Crippen LogP contribution in [0.2, 0.25) is 0 Å². The maximum atomic E-state index is 11.8. The third-order valence-corrected chi connectivity index (χ3v) is 2.89. The lowest BCUT2D eigenvalue weighted by atomic mass is 9.87. The molecule has 1 atom stereocenters. The standard InChI is InChI=1S/C15H20O3/c1-3-4-10-15(2,11-16)12-18-14(17)13-8-6-5-7-9-13/h3,5-9,16H,1,4,10-12H2,2H3/t15-/m0/s1. The van der Waals surface area contributed by atoms with Crippen molar-refractivity contribution in [2.24, 2.45) is 5.41 Å². The van der Waals surface area contributed by atoms with Crippen molar-refractivity contribution in [3.05, 3.63) is 48.6 Å². The van der Waals surface area contributed by atoms with Crippen LogP contribution in [0, 0.1) is 5.41 Å². The van der Waals surface area contributed by atoms with Gasteiger partial charge in [0.25, 0.3) is 0 Å². The maximum absolute atomic E-state index is 11.8. The lowest BCUT2D eigenvalue weighted by molar-refractivity contribution is 0.0138. The van der Waals surface area contributed by atoms with Crippen LogP contribution >= 0.6 is 0 Å². The zero-order chi connectivity index (χ0) is 13.4. The van der Waals surface area contributed by atoms with Gasteiger partial charge < -0.3 is 9.84 Å². The van der Waals surface area contributed by atoms with Crippen molar-refractivity contribution >= 4 is 5.97 Å². The number of carbonyl (C=O) groups is 1. The molecule has 1 rings (SSSR count). The van der Waals surface area contributed by atoms with Gasteiger partial charge in [0.1, 0.15) is 0 Å².